The van der Waals surface area contributed by atoms with Crippen LogP contribution < -0.4 is 26.4 Å². The minimum atomic E-state index is -3.28. The Hall–Kier alpha value is -2.54. The maximum absolute atomic E-state index is 3.28. The van der Waals surface area contributed by atoms with Crippen molar-refractivity contribution in [1.29, 1.82) is 0 Å². The summed E-state index contributed by atoms with van der Waals surface area (Å²) in [5.74, 6) is 0. The fraction of sp³-hybridized carbons (Fsp3) is 0.143. The summed E-state index contributed by atoms with van der Waals surface area (Å²) in [6.45, 7) is 13.2. The summed E-state index contributed by atoms with van der Waals surface area (Å²) in [7, 11) is 6.42. The number of benzene rings is 6. The van der Waals surface area contributed by atoms with Gasteiger partial charge in [0.1, 0.15) is 0 Å². The third-order valence-corrected chi connectivity index (χ3v) is 51.8. The Morgan fingerprint density at radius 1 is 0.255 bits per heavy atom. The van der Waals surface area contributed by atoms with Crippen LogP contribution >= 0.6 is 28.1 Å². The van der Waals surface area contributed by atoms with Crippen molar-refractivity contribution in [1.82, 2.24) is 0 Å². The van der Waals surface area contributed by atoms with Crippen molar-refractivity contribution in [3.05, 3.63) is 179 Å². The molecule has 236 valence electrons. The van der Waals surface area contributed by atoms with Crippen LogP contribution in [0.5, 0.6) is 0 Å². The van der Waals surface area contributed by atoms with Crippen molar-refractivity contribution in [2.24, 2.45) is 0 Å². The van der Waals surface area contributed by atoms with Crippen LogP contribution in [0.25, 0.3) is 0 Å². The van der Waals surface area contributed by atoms with E-state index in [1.165, 1.54) is 59.8 Å². The first-order valence-corrected chi connectivity index (χ1v) is 31.1. The molecule has 0 atom stereocenters. The van der Waals surface area contributed by atoms with E-state index in [0.29, 0.717) is 0 Å². The molecule has 5 heteroatoms. The summed E-state index contributed by atoms with van der Waals surface area (Å²) in [6.07, 6.45) is 0. The Morgan fingerprint density at radius 3 is 0.553 bits per heavy atom. The van der Waals surface area contributed by atoms with Crippen LogP contribution in [0.1, 0.15) is 33.4 Å². The first-order valence-electron chi connectivity index (χ1n) is 16.2. The number of aryl methyl sites for hydroxylation is 6. The van der Waals surface area contributed by atoms with Gasteiger partial charge >= 0.3 is 299 Å². The van der Waals surface area contributed by atoms with Gasteiger partial charge < -0.3 is 0 Å². The Morgan fingerprint density at radius 2 is 0.404 bits per heavy atom. The van der Waals surface area contributed by atoms with E-state index < -0.39 is 24.2 Å². The number of rotatable bonds is 10. The van der Waals surface area contributed by atoms with Gasteiger partial charge in [-0.1, -0.05) is 0 Å². The summed E-state index contributed by atoms with van der Waals surface area (Å²) >= 11 is -6.55. The van der Waals surface area contributed by atoms with E-state index in [-0.39, 0.29) is 0 Å². The number of hydrogen-bond acceptors (Lipinski definition) is 3. The predicted molar refractivity (Wildman–Crippen MR) is 219 cm³/mol. The molecule has 47 heavy (non-hydrogen) atoms. The molecule has 0 radical (unpaired) electrons. The second-order valence-corrected chi connectivity index (χ2v) is 41.5. The molecule has 0 aliphatic carbocycles. The Bertz CT molecular complexity index is 1550. The van der Waals surface area contributed by atoms with Gasteiger partial charge in [-0.05, 0) is 0 Å². The second-order valence-electron chi connectivity index (χ2n) is 12.8. The molecular formula is C42H42Ge2S3. The van der Waals surface area contributed by atoms with Crippen LogP contribution in [-0.2, 0) is 0 Å². The first-order chi connectivity index (χ1) is 22.7. The molecule has 0 N–H and O–H groups in total. The molecule has 0 aliphatic heterocycles. The van der Waals surface area contributed by atoms with Crippen LogP contribution in [0.15, 0.2) is 146 Å². The van der Waals surface area contributed by atoms with Crippen LogP contribution in [0.2, 0.25) is 0 Å². The van der Waals surface area contributed by atoms with E-state index in [4.69, 9.17) is 0 Å². The van der Waals surface area contributed by atoms with Gasteiger partial charge in [-0.3, -0.25) is 0 Å². The zero-order chi connectivity index (χ0) is 33.0. The van der Waals surface area contributed by atoms with E-state index in [1.54, 1.807) is 0 Å². The molecule has 6 aromatic rings. The van der Waals surface area contributed by atoms with Gasteiger partial charge in [0.15, 0.2) is 0 Å². The number of hydrogen-bond donors (Lipinski definition) is 0. The van der Waals surface area contributed by atoms with Gasteiger partial charge in [0.25, 0.3) is 0 Å². The third-order valence-electron chi connectivity index (χ3n) is 9.07. The van der Waals surface area contributed by atoms with E-state index in [9.17, 15) is 0 Å². The molecular weight excluding hydrogens is 746 g/mol. The predicted octanol–water partition coefficient (Wildman–Crippen LogP) is 8.20. The maximum atomic E-state index is 2.42. The normalized spacial score (nSPS) is 11.9. The van der Waals surface area contributed by atoms with Gasteiger partial charge in [0.2, 0.25) is 0 Å². The second kappa shape index (κ2) is 14.9. The molecule has 0 nitrogen and oxygen atoms in total. The molecule has 0 aliphatic rings. The average Bonchev–Trinajstić information content (AvgIpc) is 3.08. The van der Waals surface area contributed by atoms with Crippen LogP contribution in [0.4, 0.5) is 0 Å². The molecule has 0 fully saturated rings. The fourth-order valence-electron chi connectivity index (χ4n) is 6.14. The molecule has 0 bridgehead atoms. The summed E-state index contributed by atoms with van der Waals surface area (Å²) in [4.78, 5) is 0. The monoisotopic (exact) mass is 790 g/mol. The molecule has 0 amide bonds. The summed E-state index contributed by atoms with van der Waals surface area (Å²) in [6, 6.07) is 56.7. The molecule has 0 unspecified atom stereocenters. The van der Waals surface area contributed by atoms with E-state index >= 15 is 0 Å². The Kier molecular flexibility index (Phi) is 10.9. The summed E-state index contributed by atoms with van der Waals surface area (Å²) in [5, 5.41) is 0. The van der Waals surface area contributed by atoms with E-state index in [0.717, 1.165) is 0 Å². The van der Waals surface area contributed by atoms with E-state index in [1.807, 2.05) is 0 Å². The third kappa shape index (κ3) is 7.26. The van der Waals surface area contributed by atoms with Crippen molar-refractivity contribution >= 4 is 78.7 Å². The molecule has 0 aromatic heterocycles. The Labute approximate surface area is 296 Å². The molecule has 6 rings (SSSR count). The van der Waals surface area contributed by atoms with Crippen molar-refractivity contribution in [2.45, 2.75) is 41.5 Å². The quantitative estimate of drug-likeness (QED) is 0.102. The first kappa shape index (κ1) is 34.3. The standard InChI is InChI=1S/C42H42Ge2S3/c1-31-7-19-37(20-8-31)43(38-21-9-32(2)10-22-38,39-23-11-33(3)12-24-39)45-47-46-44(40-25-13-34(4)14-26-40,41-27-15-35(5)16-28-41)42-29-17-36(6)18-30-42/h7-30H,1-6H3. The van der Waals surface area contributed by atoms with Crippen molar-refractivity contribution in [2.75, 3.05) is 0 Å². The van der Waals surface area contributed by atoms with Crippen LogP contribution in [0, 0.1) is 41.5 Å². The van der Waals surface area contributed by atoms with Gasteiger partial charge in [0.05, 0.1) is 0 Å². The van der Waals surface area contributed by atoms with Crippen molar-refractivity contribution in [3.8, 4) is 0 Å². The van der Waals surface area contributed by atoms with Gasteiger partial charge in [0, 0.05) is 0 Å². The van der Waals surface area contributed by atoms with Crippen LogP contribution in [0.3, 0.4) is 0 Å². The van der Waals surface area contributed by atoms with E-state index in [2.05, 4.69) is 215 Å². The van der Waals surface area contributed by atoms with Crippen LogP contribution in [-0.4, -0.2) is 24.2 Å². The van der Waals surface area contributed by atoms with Crippen molar-refractivity contribution in [3.63, 3.8) is 0 Å². The zero-order valence-corrected chi connectivity index (χ0v) is 34.7. The topological polar surface area (TPSA) is 0 Å². The minimum absolute atomic E-state index is 1.30. The molecule has 0 saturated carbocycles. The molecule has 6 aromatic carbocycles. The zero-order valence-electron chi connectivity index (χ0n) is 28.1. The average molecular weight is 788 g/mol. The van der Waals surface area contributed by atoms with Gasteiger partial charge in [-0.2, -0.15) is 0 Å². The molecule has 0 saturated heterocycles. The Balaban J connectivity index is 1.54. The SMILES string of the molecule is Cc1cc[c]([Ge]([S]S[S][Ge]([c]2ccc(C)cc2)([c]2ccc(C)cc2)[c]2ccc(C)cc2)([c]2ccc(C)cc2)[c]2ccc(C)cc2)cc1. The summed E-state index contributed by atoms with van der Waals surface area (Å²) in [5.41, 5.74) is 7.82. The van der Waals surface area contributed by atoms with Crippen molar-refractivity contribution < 1.29 is 0 Å². The molecule has 0 spiro atoms. The van der Waals surface area contributed by atoms with Gasteiger partial charge in [-0.25, -0.2) is 0 Å². The summed E-state index contributed by atoms with van der Waals surface area (Å²) < 4.78 is 8.92. The molecule has 0 heterocycles. The van der Waals surface area contributed by atoms with Gasteiger partial charge in [-0.15, -0.1) is 0 Å². The fourth-order valence-corrected chi connectivity index (χ4v) is 62.4.